The van der Waals surface area contributed by atoms with Gasteiger partial charge in [0.1, 0.15) is 11.6 Å². The monoisotopic (exact) mass is 367 g/mol. The SMILES string of the molecule is CC(C)c1nccn1CC1CN(C(=O)c2ccc(OC(F)(F)F)cc2)C1. The number of alkyl halides is 3. The average molecular weight is 367 g/mol. The van der Waals surface area contributed by atoms with E-state index >= 15 is 0 Å². The Hall–Kier alpha value is -2.51. The molecule has 1 fully saturated rings. The largest absolute Gasteiger partial charge is 0.573 e. The van der Waals surface area contributed by atoms with Crippen LogP contribution >= 0.6 is 0 Å². The van der Waals surface area contributed by atoms with Crippen LogP contribution in [0, 0.1) is 5.92 Å². The summed E-state index contributed by atoms with van der Waals surface area (Å²) < 4.78 is 42.4. The van der Waals surface area contributed by atoms with Crippen molar-refractivity contribution in [2.24, 2.45) is 5.92 Å². The van der Waals surface area contributed by atoms with E-state index in [-0.39, 0.29) is 11.7 Å². The number of hydrogen-bond acceptors (Lipinski definition) is 3. The minimum absolute atomic E-state index is 0.186. The van der Waals surface area contributed by atoms with Gasteiger partial charge in [0.05, 0.1) is 0 Å². The van der Waals surface area contributed by atoms with Gasteiger partial charge < -0.3 is 14.2 Å². The lowest BCUT2D eigenvalue weighted by atomic mass is 9.98. The summed E-state index contributed by atoms with van der Waals surface area (Å²) in [6, 6.07) is 5.00. The van der Waals surface area contributed by atoms with Crippen LogP contribution in [0.3, 0.4) is 0 Å². The van der Waals surface area contributed by atoms with E-state index in [1.165, 1.54) is 12.1 Å². The third kappa shape index (κ3) is 4.17. The molecule has 8 heteroatoms. The van der Waals surface area contributed by atoms with Crippen LogP contribution in [-0.2, 0) is 6.54 Å². The summed E-state index contributed by atoms with van der Waals surface area (Å²) in [6.45, 7) is 6.21. The Bertz CT molecular complexity index is 763. The van der Waals surface area contributed by atoms with Gasteiger partial charge in [-0.25, -0.2) is 4.98 Å². The van der Waals surface area contributed by atoms with Gasteiger partial charge >= 0.3 is 6.36 Å². The van der Waals surface area contributed by atoms with E-state index in [2.05, 4.69) is 28.1 Å². The molecule has 26 heavy (non-hydrogen) atoms. The van der Waals surface area contributed by atoms with Gasteiger partial charge in [-0.15, -0.1) is 13.2 Å². The molecule has 3 rings (SSSR count). The summed E-state index contributed by atoms with van der Waals surface area (Å²) in [7, 11) is 0. The Morgan fingerprint density at radius 3 is 2.50 bits per heavy atom. The molecule has 2 heterocycles. The fraction of sp³-hybridized carbons (Fsp3) is 0.444. The topological polar surface area (TPSA) is 47.4 Å². The fourth-order valence-corrected chi connectivity index (χ4v) is 3.09. The highest BCUT2D eigenvalue weighted by atomic mass is 19.4. The van der Waals surface area contributed by atoms with Crippen molar-refractivity contribution < 1.29 is 22.7 Å². The van der Waals surface area contributed by atoms with Crippen molar-refractivity contribution in [2.75, 3.05) is 13.1 Å². The number of rotatable bonds is 5. The molecule has 0 radical (unpaired) electrons. The zero-order chi connectivity index (χ0) is 18.9. The van der Waals surface area contributed by atoms with Gasteiger partial charge in [0.2, 0.25) is 0 Å². The van der Waals surface area contributed by atoms with Crippen LogP contribution in [0.15, 0.2) is 36.7 Å². The number of carbonyl (C=O) groups is 1. The number of hydrogen-bond donors (Lipinski definition) is 0. The maximum atomic E-state index is 12.4. The minimum atomic E-state index is -4.74. The Labute approximate surface area is 149 Å². The summed E-state index contributed by atoms with van der Waals surface area (Å²) in [5.41, 5.74) is 0.350. The lowest BCUT2D eigenvalue weighted by molar-refractivity contribution is -0.274. The summed E-state index contributed by atoms with van der Waals surface area (Å²) in [4.78, 5) is 18.4. The van der Waals surface area contributed by atoms with Gasteiger partial charge in [-0.2, -0.15) is 0 Å². The van der Waals surface area contributed by atoms with E-state index in [0.717, 1.165) is 24.5 Å². The predicted octanol–water partition coefficient (Wildman–Crippen LogP) is 3.68. The molecule has 0 spiro atoms. The smallest absolute Gasteiger partial charge is 0.406 e. The van der Waals surface area contributed by atoms with Crippen LogP contribution in [-0.4, -0.2) is 39.8 Å². The third-order valence-corrected chi connectivity index (χ3v) is 4.30. The molecule has 0 unspecified atom stereocenters. The van der Waals surface area contributed by atoms with Crippen LogP contribution in [0.4, 0.5) is 13.2 Å². The Balaban J connectivity index is 1.54. The van der Waals surface area contributed by atoms with E-state index in [1.54, 1.807) is 11.1 Å². The summed E-state index contributed by atoms with van der Waals surface area (Å²) in [6.07, 6.45) is -1.01. The van der Waals surface area contributed by atoms with Crippen LogP contribution < -0.4 is 4.74 Å². The molecule has 2 aromatic rings. The zero-order valence-electron chi connectivity index (χ0n) is 14.5. The number of nitrogens with zero attached hydrogens (tertiary/aromatic N) is 3. The molecule has 1 saturated heterocycles. The molecular weight excluding hydrogens is 347 g/mol. The molecule has 0 saturated carbocycles. The molecule has 0 aliphatic carbocycles. The first kappa shape index (κ1) is 18.3. The number of aromatic nitrogens is 2. The van der Waals surface area contributed by atoms with Crippen molar-refractivity contribution in [3.8, 4) is 5.75 Å². The summed E-state index contributed by atoms with van der Waals surface area (Å²) in [5.74, 6) is 1.18. The maximum Gasteiger partial charge on any atom is 0.573 e. The lowest BCUT2D eigenvalue weighted by Gasteiger charge is -2.39. The molecule has 1 amide bonds. The molecule has 0 atom stereocenters. The Morgan fingerprint density at radius 1 is 1.27 bits per heavy atom. The summed E-state index contributed by atoms with van der Waals surface area (Å²) in [5, 5.41) is 0. The molecule has 5 nitrogen and oxygen atoms in total. The van der Waals surface area contributed by atoms with Gasteiger partial charge in [0, 0.05) is 49.4 Å². The third-order valence-electron chi connectivity index (χ3n) is 4.30. The quantitative estimate of drug-likeness (QED) is 0.810. The zero-order valence-corrected chi connectivity index (χ0v) is 14.5. The number of imidazole rings is 1. The normalized spacial score (nSPS) is 15.2. The van der Waals surface area contributed by atoms with Gasteiger partial charge in [-0.3, -0.25) is 4.79 Å². The van der Waals surface area contributed by atoms with E-state index in [0.29, 0.717) is 30.5 Å². The van der Waals surface area contributed by atoms with Crippen molar-refractivity contribution in [3.63, 3.8) is 0 Å². The van der Waals surface area contributed by atoms with Crippen LogP contribution in [0.25, 0.3) is 0 Å². The van der Waals surface area contributed by atoms with Crippen LogP contribution in [0.1, 0.15) is 35.9 Å². The Morgan fingerprint density at radius 2 is 1.92 bits per heavy atom. The van der Waals surface area contributed by atoms with Gasteiger partial charge in [0.25, 0.3) is 5.91 Å². The van der Waals surface area contributed by atoms with Crippen molar-refractivity contribution in [3.05, 3.63) is 48.0 Å². The maximum absolute atomic E-state index is 12.4. The number of carbonyl (C=O) groups excluding carboxylic acids is 1. The van der Waals surface area contributed by atoms with Crippen molar-refractivity contribution in [2.45, 2.75) is 32.7 Å². The van der Waals surface area contributed by atoms with E-state index < -0.39 is 6.36 Å². The molecular formula is C18H20F3N3O2. The summed E-state index contributed by atoms with van der Waals surface area (Å²) >= 11 is 0. The molecule has 1 aliphatic rings. The van der Waals surface area contributed by atoms with E-state index in [1.807, 2.05) is 6.20 Å². The highest BCUT2D eigenvalue weighted by Gasteiger charge is 2.33. The minimum Gasteiger partial charge on any atom is -0.406 e. The molecule has 1 aromatic carbocycles. The molecule has 0 bridgehead atoms. The molecule has 1 aliphatic heterocycles. The standard InChI is InChI=1S/C18H20F3N3O2/c1-12(2)16-22-7-8-23(16)9-13-10-24(11-13)17(25)14-3-5-15(6-4-14)26-18(19,20)21/h3-8,12-13H,9-11H2,1-2H3. The first-order chi connectivity index (χ1) is 12.2. The number of likely N-dealkylation sites (tertiary alicyclic amines) is 1. The predicted molar refractivity (Wildman–Crippen MR) is 88.8 cm³/mol. The number of ether oxygens (including phenoxy) is 1. The average Bonchev–Trinajstić information content (AvgIpc) is 2.97. The van der Waals surface area contributed by atoms with Crippen molar-refractivity contribution in [1.82, 2.24) is 14.5 Å². The first-order valence-corrected chi connectivity index (χ1v) is 8.39. The molecule has 1 aromatic heterocycles. The number of halogens is 3. The van der Waals surface area contributed by atoms with Crippen LogP contribution in [0.5, 0.6) is 5.75 Å². The van der Waals surface area contributed by atoms with E-state index in [4.69, 9.17) is 0 Å². The molecule has 0 N–H and O–H groups in total. The first-order valence-electron chi connectivity index (χ1n) is 8.39. The van der Waals surface area contributed by atoms with Gasteiger partial charge in [0.15, 0.2) is 0 Å². The van der Waals surface area contributed by atoms with E-state index in [9.17, 15) is 18.0 Å². The van der Waals surface area contributed by atoms with Gasteiger partial charge in [-0.1, -0.05) is 13.8 Å². The fourth-order valence-electron chi connectivity index (χ4n) is 3.09. The van der Waals surface area contributed by atoms with Gasteiger partial charge in [-0.05, 0) is 24.3 Å². The second kappa shape index (κ2) is 7.01. The Kier molecular flexibility index (Phi) is 4.93. The molecule has 140 valence electrons. The second-order valence-corrected chi connectivity index (χ2v) is 6.74. The lowest BCUT2D eigenvalue weighted by Crippen LogP contribution is -2.51. The highest BCUT2D eigenvalue weighted by Crippen LogP contribution is 2.25. The second-order valence-electron chi connectivity index (χ2n) is 6.74. The number of amides is 1. The highest BCUT2D eigenvalue weighted by molar-refractivity contribution is 5.94. The van der Waals surface area contributed by atoms with Crippen molar-refractivity contribution in [1.29, 1.82) is 0 Å². The number of benzene rings is 1. The van der Waals surface area contributed by atoms with Crippen LogP contribution in [0.2, 0.25) is 0 Å². The van der Waals surface area contributed by atoms with Crippen molar-refractivity contribution >= 4 is 5.91 Å².